The van der Waals surface area contributed by atoms with Gasteiger partial charge in [0.15, 0.2) is 0 Å². The Morgan fingerprint density at radius 3 is 2.39 bits per heavy atom. The molecule has 6 heteroatoms. The van der Waals surface area contributed by atoms with Crippen LogP contribution in [0.5, 0.6) is 0 Å². The van der Waals surface area contributed by atoms with E-state index in [-0.39, 0.29) is 11.6 Å². The summed E-state index contributed by atoms with van der Waals surface area (Å²) in [4.78, 5) is 21.6. The topological polar surface area (TPSA) is 84.3 Å². The minimum atomic E-state index is -0.492. The van der Waals surface area contributed by atoms with Crippen LogP contribution in [0.4, 0.5) is 5.69 Å². The van der Waals surface area contributed by atoms with Gasteiger partial charge in [0.05, 0.1) is 4.92 Å². The lowest BCUT2D eigenvalue weighted by atomic mass is 10.2. The van der Waals surface area contributed by atoms with Gasteiger partial charge in [0.25, 0.3) is 11.6 Å². The summed E-state index contributed by atoms with van der Waals surface area (Å²) in [5.41, 5.74) is 0.401. The third-order valence-electron chi connectivity index (χ3n) is 2.30. The van der Waals surface area contributed by atoms with Crippen LogP contribution in [0.25, 0.3) is 0 Å². The highest BCUT2D eigenvalue weighted by molar-refractivity contribution is 5.94. The van der Waals surface area contributed by atoms with Crippen LogP contribution in [0, 0.1) is 10.1 Å². The lowest BCUT2D eigenvalue weighted by Crippen LogP contribution is -2.34. The summed E-state index contributed by atoms with van der Waals surface area (Å²) in [6, 6.07) is 5.91. The summed E-state index contributed by atoms with van der Waals surface area (Å²) in [5.74, 6) is -0.226. The van der Waals surface area contributed by atoms with Crippen molar-refractivity contribution < 1.29 is 9.72 Å². The van der Waals surface area contributed by atoms with Gasteiger partial charge in [-0.05, 0) is 12.1 Å². The maximum atomic E-state index is 11.7. The fourth-order valence-corrected chi connectivity index (χ4v) is 1.37. The first-order valence-electron chi connectivity index (χ1n) is 5.76. The Bertz CT molecular complexity index is 415. The summed E-state index contributed by atoms with van der Waals surface area (Å²) in [6.45, 7) is 5.26. The molecule has 1 aromatic carbocycles. The van der Waals surface area contributed by atoms with Gasteiger partial charge in [-0.2, -0.15) is 0 Å². The van der Waals surface area contributed by atoms with Gasteiger partial charge < -0.3 is 10.6 Å². The molecule has 0 aliphatic heterocycles. The summed E-state index contributed by atoms with van der Waals surface area (Å²) >= 11 is 0. The molecule has 98 valence electrons. The minimum absolute atomic E-state index is 0.0203. The van der Waals surface area contributed by atoms with Gasteiger partial charge >= 0.3 is 0 Å². The predicted octanol–water partition coefficient (Wildman–Crippen LogP) is 1.32. The Kier molecular flexibility index (Phi) is 5.26. The summed E-state index contributed by atoms with van der Waals surface area (Å²) in [6.07, 6.45) is 0. The second-order valence-corrected chi connectivity index (χ2v) is 4.17. The highest BCUT2D eigenvalue weighted by Gasteiger charge is 2.08. The van der Waals surface area contributed by atoms with Crippen molar-refractivity contribution in [3.8, 4) is 0 Å². The van der Waals surface area contributed by atoms with Crippen LogP contribution < -0.4 is 10.6 Å². The second kappa shape index (κ2) is 6.70. The minimum Gasteiger partial charge on any atom is -0.351 e. The van der Waals surface area contributed by atoms with E-state index in [0.717, 1.165) is 0 Å². The maximum Gasteiger partial charge on any atom is 0.269 e. The van der Waals surface area contributed by atoms with E-state index in [1.807, 2.05) is 13.8 Å². The molecule has 0 fully saturated rings. The largest absolute Gasteiger partial charge is 0.351 e. The molecule has 0 radical (unpaired) electrons. The van der Waals surface area contributed by atoms with Crippen molar-refractivity contribution in [2.24, 2.45) is 0 Å². The average molecular weight is 251 g/mol. The number of nitro benzene ring substituents is 1. The summed E-state index contributed by atoms with van der Waals surface area (Å²) < 4.78 is 0. The number of carbonyl (C=O) groups is 1. The predicted molar refractivity (Wildman–Crippen MR) is 68.6 cm³/mol. The molecule has 1 rings (SSSR count). The number of hydrogen-bond acceptors (Lipinski definition) is 4. The van der Waals surface area contributed by atoms with Gasteiger partial charge in [-0.1, -0.05) is 13.8 Å². The molecule has 0 unspecified atom stereocenters. The van der Waals surface area contributed by atoms with Gasteiger partial charge in [0.1, 0.15) is 0 Å². The van der Waals surface area contributed by atoms with E-state index >= 15 is 0 Å². The van der Waals surface area contributed by atoms with Crippen molar-refractivity contribution in [3.05, 3.63) is 39.9 Å². The third kappa shape index (κ3) is 4.50. The number of nitrogens with zero attached hydrogens (tertiary/aromatic N) is 1. The number of rotatable bonds is 6. The maximum absolute atomic E-state index is 11.7. The van der Waals surface area contributed by atoms with Crippen LogP contribution in [0.3, 0.4) is 0 Å². The number of benzene rings is 1. The molecule has 0 aliphatic carbocycles. The fourth-order valence-electron chi connectivity index (χ4n) is 1.37. The smallest absolute Gasteiger partial charge is 0.269 e. The molecular weight excluding hydrogens is 234 g/mol. The zero-order valence-electron chi connectivity index (χ0n) is 10.5. The van der Waals surface area contributed by atoms with Crippen molar-refractivity contribution in [1.82, 2.24) is 10.6 Å². The van der Waals surface area contributed by atoms with E-state index in [0.29, 0.717) is 24.7 Å². The molecule has 0 saturated heterocycles. The molecular formula is C12H17N3O3. The quantitative estimate of drug-likeness (QED) is 0.453. The van der Waals surface area contributed by atoms with Gasteiger partial charge in [-0.3, -0.25) is 14.9 Å². The van der Waals surface area contributed by atoms with E-state index in [2.05, 4.69) is 10.6 Å². The van der Waals surface area contributed by atoms with Crippen molar-refractivity contribution in [2.45, 2.75) is 19.9 Å². The van der Waals surface area contributed by atoms with E-state index in [9.17, 15) is 14.9 Å². The van der Waals surface area contributed by atoms with E-state index in [1.54, 1.807) is 0 Å². The molecule has 1 amide bonds. The first-order valence-corrected chi connectivity index (χ1v) is 5.76. The Morgan fingerprint density at radius 1 is 1.28 bits per heavy atom. The SMILES string of the molecule is CC(C)NCCNC(=O)c1ccc([N+](=O)[O-])cc1. The van der Waals surface area contributed by atoms with Gasteiger partial charge in [0.2, 0.25) is 0 Å². The van der Waals surface area contributed by atoms with E-state index < -0.39 is 4.92 Å². The molecule has 0 atom stereocenters. The molecule has 0 aliphatic rings. The summed E-state index contributed by atoms with van der Waals surface area (Å²) in [7, 11) is 0. The number of nitro groups is 1. The van der Waals surface area contributed by atoms with Gasteiger partial charge in [0, 0.05) is 36.8 Å². The summed E-state index contributed by atoms with van der Waals surface area (Å²) in [5, 5.41) is 16.4. The van der Waals surface area contributed by atoms with Crippen molar-refractivity contribution >= 4 is 11.6 Å². The lowest BCUT2D eigenvalue weighted by Gasteiger charge is -2.09. The average Bonchev–Trinajstić information content (AvgIpc) is 2.34. The van der Waals surface area contributed by atoms with Gasteiger partial charge in [-0.15, -0.1) is 0 Å². The van der Waals surface area contributed by atoms with Crippen LogP contribution in [0.1, 0.15) is 24.2 Å². The number of hydrogen-bond donors (Lipinski definition) is 2. The zero-order valence-corrected chi connectivity index (χ0v) is 10.5. The number of non-ortho nitro benzene ring substituents is 1. The molecule has 0 saturated carbocycles. The molecule has 6 nitrogen and oxygen atoms in total. The molecule has 2 N–H and O–H groups in total. The number of amides is 1. The molecule has 18 heavy (non-hydrogen) atoms. The van der Waals surface area contributed by atoms with Gasteiger partial charge in [-0.25, -0.2) is 0 Å². The van der Waals surface area contributed by atoms with Crippen LogP contribution in [0.15, 0.2) is 24.3 Å². The van der Waals surface area contributed by atoms with Crippen LogP contribution in [-0.4, -0.2) is 30.0 Å². The molecule has 0 heterocycles. The lowest BCUT2D eigenvalue weighted by molar-refractivity contribution is -0.384. The molecule has 1 aromatic rings. The third-order valence-corrected chi connectivity index (χ3v) is 2.30. The van der Waals surface area contributed by atoms with Crippen molar-refractivity contribution in [1.29, 1.82) is 0 Å². The Labute approximate surface area is 106 Å². The molecule has 0 spiro atoms. The van der Waals surface area contributed by atoms with Crippen molar-refractivity contribution in [3.63, 3.8) is 0 Å². The Balaban J connectivity index is 2.44. The number of carbonyl (C=O) groups excluding carboxylic acids is 1. The highest BCUT2D eigenvalue weighted by atomic mass is 16.6. The first kappa shape index (κ1) is 14.1. The second-order valence-electron chi connectivity index (χ2n) is 4.17. The van der Waals surface area contributed by atoms with Crippen LogP contribution in [-0.2, 0) is 0 Å². The van der Waals surface area contributed by atoms with Crippen molar-refractivity contribution in [2.75, 3.05) is 13.1 Å². The monoisotopic (exact) mass is 251 g/mol. The zero-order chi connectivity index (χ0) is 13.5. The van der Waals surface area contributed by atoms with E-state index in [1.165, 1.54) is 24.3 Å². The van der Waals surface area contributed by atoms with Crippen LogP contribution >= 0.6 is 0 Å². The Morgan fingerprint density at radius 2 is 1.89 bits per heavy atom. The molecule has 0 bridgehead atoms. The first-order chi connectivity index (χ1) is 8.50. The van der Waals surface area contributed by atoms with Crippen LogP contribution in [0.2, 0.25) is 0 Å². The fraction of sp³-hybridized carbons (Fsp3) is 0.417. The normalized spacial score (nSPS) is 10.4. The Hall–Kier alpha value is -1.95. The standard InChI is InChI=1S/C12H17N3O3/c1-9(2)13-7-8-14-12(16)10-3-5-11(6-4-10)15(17)18/h3-6,9,13H,7-8H2,1-2H3,(H,14,16). The highest BCUT2D eigenvalue weighted by Crippen LogP contribution is 2.11. The number of nitrogens with one attached hydrogen (secondary N) is 2. The molecule has 0 aromatic heterocycles. The van der Waals surface area contributed by atoms with E-state index in [4.69, 9.17) is 0 Å².